The Morgan fingerprint density at radius 3 is 2.42 bits per heavy atom. The van der Waals surface area contributed by atoms with Gasteiger partial charge in [-0.15, -0.1) is 0 Å². The van der Waals surface area contributed by atoms with E-state index in [2.05, 4.69) is 22.3 Å². The molecule has 2 aromatic rings. The van der Waals surface area contributed by atoms with Gasteiger partial charge in [-0.05, 0) is 62.9 Å². The van der Waals surface area contributed by atoms with E-state index in [0.717, 1.165) is 38.1 Å². The molecule has 166 valence electrons. The molecule has 3 heterocycles. The molecule has 0 aliphatic carbocycles. The number of carbonyl (C=O) groups is 2. The molecule has 2 fully saturated rings. The maximum atomic E-state index is 12.8. The Morgan fingerprint density at radius 1 is 1.00 bits per heavy atom. The van der Waals surface area contributed by atoms with Crippen molar-refractivity contribution in [2.24, 2.45) is 5.92 Å². The maximum Gasteiger partial charge on any atom is 0.223 e. The third-order valence-electron chi connectivity index (χ3n) is 6.61. The second-order valence-electron chi connectivity index (χ2n) is 8.66. The number of nitrogens with one attached hydrogen (secondary N) is 1. The lowest BCUT2D eigenvalue weighted by Gasteiger charge is -2.32. The average Bonchev–Trinajstić information content (AvgIpc) is 3.53. The Balaban J connectivity index is 1.22. The van der Waals surface area contributed by atoms with Gasteiger partial charge in [0.1, 0.15) is 5.76 Å². The topological polar surface area (TPSA) is 65.8 Å². The fourth-order valence-electron chi connectivity index (χ4n) is 4.73. The second-order valence-corrected chi connectivity index (χ2v) is 8.66. The summed E-state index contributed by atoms with van der Waals surface area (Å²) in [6.07, 6.45) is 6.86. The van der Waals surface area contributed by atoms with Crippen molar-refractivity contribution >= 4 is 11.8 Å². The Morgan fingerprint density at radius 2 is 1.74 bits per heavy atom. The van der Waals surface area contributed by atoms with E-state index in [-0.39, 0.29) is 23.8 Å². The molecule has 0 saturated carbocycles. The molecular formula is C25H33N3O3. The minimum atomic E-state index is -0.0194. The number of carbonyl (C=O) groups excluding carboxylic acids is 2. The molecule has 6 nitrogen and oxygen atoms in total. The molecule has 2 aliphatic rings. The molecule has 4 rings (SSSR count). The second kappa shape index (κ2) is 10.6. The van der Waals surface area contributed by atoms with Crippen LogP contribution in [0.3, 0.4) is 0 Å². The van der Waals surface area contributed by atoms with Crippen LogP contribution in [-0.2, 0) is 16.0 Å². The third kappa shape index (κ3) is 5.76. The predicted octanol–water partition coefficient (Wildman–Crippen LogP) is 3.40. The number of hydrogen-bond acceptors (Lipinski definition) is 4. The highest BCUT2D eigenvalue weighted by atomic mass is 16.3. The zero-order valence-electron chi connectivity index (χ0n) is 18.2. The fourth-order valence-corrected chi connectivity index (χ4v) is 4.73. The third-order valence-corrected chi connectivity index (χ3v) is 6.61. The minimum absolute atomic E-state index is 0.0194. The normalized spacial score (nSPS) is 18.8. The molecule has 2 saturated heterocycles. The molecule has 1 N–H and O–H groups in total. The van der Waals surface area contributed by atoms with Gasteiger partial charge >= 0.3 is 0 Å². The van der Waals surface area contributed by atoms with Gasteiger partial charge in [0.2, 0.25) is 11.8 Å². The summed E-state index contributed by atoms with van der Waals surface area (Å²) in [5.41, 5.74) is 1.19. The van der Waals surface area contributed by atoms with Crippen LogP contribution in [0.4, 0.5) is 0 Å². The summed E-state index contributed by atoms with van der Waals surface area (Å²) in [6.45, 7) is 4.00. The van der Waals surface area contributed by atoms with Gasteiger partial charge in [0, 0.05) is 32.0 Å². The lowest BCUT2D eigenvalue weighted by Crippen LogP contribution is -2.44. The van der Waals surface area contributed by atoms with E-state index < -0.39 is 0 Å². The van der Waals surface area contributed by atoms with Crippen LogP contribution in [0.15, 0.2) is 53.1 Å². The first kappa shape index (κ1) is 21.6. The number of likely N-dealkylation sites (tertiary alicyclic amines) is 2. The smallest absolute Gasteiger partial charge is 0.223 e. The van der Waals surface area contributed by atoms with Crippen LogP contribution in [0.25, 0.3) is 0 Å². The highest BCUT2D eigenvalue weighted by molar-refractivity contribution is 5.80. The zero-order chi connectivity index (χ0) is 21.5. The van der Waals surface area contributed by atoms with Crippen molar-refractivity contribution in [3.05, 3.63) is 60.1 Å². The summed E-state index contributed by atoms with van der Waals surface area (Å²) in [4.78, 5) is 29.7. The molecule has 31 heavy (non-hydrogen) atoms. The van der Waals surface area contributed by atoms with Gasteiger partial charge in [0.15, 0.2) is 0 Å². The Bertz CT molecular complexity index is 823. The van der Waals surface area contributed by atoms with E-state index >= 15 is 0 Å². The number of rotatable bonds is 8. The van der Waals surface area contributed by atoms with Crippen LogP contribution in [0.1, 0.15) is 49.5 Å². The van der Waals surface area contributed by atoms with Gasteiger partial charge < -0.3 is 14.6 Å². The summed E-state index contributed by atoms with van der Waals surface area (Å²) in [5, 5.41) is 3.16. The largest absolute Gasteiger partial charge is 0.468 e. The SMILES string of the molecule is O=C(NCC(c1ccco1)N1CCCC1)C1CCN(C(=O)CCc2ccccc2)CC1. The first-order valence-corrected chi connectivity index (χ1v) is 11.6. The molecule has 0 radical (unpaired) electrons. The average molecular weight is 424 g/mol. The number of benzene rings is 1. The molecule has 0 bridgehead atoms. The van der Waals surface area contributed by atoms with E-state index in [0.29, 0.717) is 26.1 Å². The Hall–Kier alpha value is -2.60. The van der Waals surface area contributed by atoms with Crippen LogP contribution >= 0.6 is 0 Å². The molecule has 0 spiro atoms. The van der Waals surface area contributed by atoms with Gasteiger partial charge in [-0.2, -0.15) is 0 Å². The monoisotopic (exact) mass is 423 g/mol. The molecule has 1 aromatic carbocycles. The van der Waals surface area contributed by atoms with Crippen LogP contribution in [0.5, 0.6) is 0 Å². The Labute approximate surface area is 184 Å². The first-order chi connectivity index (χ1) is 15.2. The van der Waals surface area contributed by atoms with Crippen LogP contribution in [0.2, 0.25) is 0 Å². The number of piperidine rings is 1. The van der Waals surface area contributed by atoms with Crippen LogP contribution < -0.4 is 5.32 Å². The van der Waals surface area contributed by atoms with Crippen molar-refractivity contribution in [1.82, 2.24) is 15.1 Å². The summed E-state index contributed by atoms with van der Waals surface area (Å²) in [7, 11) is 0. The van der Waals surface area contributed by atoms with Crippen molar-refractivity contribution in [2.45, 2.75) is 44.6 Å². The number of hydrogen-bond donors (Lipinski definition) is 1. The van der Waals surface area contributed by atoms with Gasteiger partial charge in [0.25, 0.3) is 0 Å². The lowest BCUT2D eigenvalue weighted by molar-refractivity contribution is -0.135. The number of aryl methyl sites for hydroxylation is 1. The van der Waals surface area contributed by atoms with Crippen molar-refractivity contribution < 1.29 is 14.0 Å². The highest BCUT2D eigenvalue weighted by Crippen LogP contribution is 2.25. The van der Waals surface area contributed by atoms with Gasteiger partial charge in [0.05, 0.1) is 12.3 Å². The molecular weight excluding hydrogens is 390 g/mol. The molecule has 1 atom stereocenters. The summed E-state index contributed by atoms with van der Waals surface area (Å²) < 4.78 is 5.64. The van der Waals surface area contributed by atoms with Crippen LogP contribution in [-0.4, -0.2) is 54.3 Å². The lowest BCUT2D eigenvalue weighted by atomic mass is 9.95. The number of nitrogens with zero attached hydrogens (tertiary/aromatic N) is 2. The van der Waals surface area contributed by atoms with Gasteiger partial charge in [-0.25, -0.2) is 0 Å². The van der Waals surface area contributed by atoms with E-state index in [4.69, 9.17) is 4.42 Å². The first-order valence-electron chi connectivity index (χ1n) is 11.6. The summed E-state index contributed by atoms with van der Waals surface area (Å²) in [6, 6.07) is 14.1. The molecule has 6 heteroatoms. The van der Waals surface area contributed by atoms with E-state index in [1.165, 1.54) is 18.4 Å². The molecule has 1 aromatic heterocycles. The maximum absolute atomic E-state index is 12.8. The summed E-state index contributed by atoms with van der Waals surface area (Å²) >= 11 is 0. The zero-order valence-corrected chi connectivity index (χ0v) is 18.2. The molecule has 2 aliphatic heterocycles. The van der Waals surface area contributed by atoms with Crippen molar-refractivity contribution in [3.63, 3.8) is 0 Å². The van der Waals surface area contributed by atoms with E-state index in [1.54, 1.807) is 6.26 Å². The number of furan rings is 1. The Kier molecular flexibility index (Phi) is 7.41. The van der Waals surface area contributed by atoms with Gasteiger partial charge in [-0.1, -0.05) is 30.3 Å². The standard InChI is InChI=1S/C25H33N3O3/c29-24(11-10-20-7-2-1-3-8-20)28-16-12-21(13-17-28)25(30)26-19-22(23-9-6-18-31-23)27-14-4-5-15-27/h1-3,6-9,18,21-22H,4-5,10-17,19H2,(H,26,30). The highest BCUT2D eigenvalue weighted by Gasteiger charge is 2.30. The molecule has 1 unspecified atom stereocenters. The number of amides is 2. The predicted molar refractivity (Wildman–Crippen MR) is 119 cm³/mol. The van der Waals surface area contributed by atoms with Crippen LogP contribution in [0, 0.1) is 5.92 Å². The van der Waals surface area contributed by atoms with Crippen molar-refractivity contribution in [2.75, 3.05) is 32.7 Å². The van der Waals surface area contributed by atoms with Crippen molar-refractivity contribution in [3.8, 4) is 0 Å². The van der Waals surface area contributed by atoms with Crippen molar-refractivity contribution in [1.29, 1.82) is 0 Å². The molecule has 2 amide bonds. The quantitative estimate of drug-likeness (QED) is 0.707. The summed E-state index contributed by atoms with van der Waals surface area (Å²) in [5.74, 6) is 1.19. The minimum Gasteiger partial charge on any atom is -0.468 e. The van der Waals surface area contributed by atoms with E-state index in [9.17, 15) is 9.59 Å². The fraction of sp³-hybridized carbons (Fsp3) is 0.520. The van der Waals surface area contributed by atoms with Gasteiger partial charge in [-0.3, -0.25) is 14.5 Å². The van der Waals surface area contributed by atoms with E-state index in [1.807, 2.05) is 35.2 Å².